The molecule has 2 aliphatic heterocycles. The zero-order valence-corrected chi connectivity index (χ0v) is 16.1. The summed E-state index contributed by atoms with van der Waals surface area (Å²) < 4.78 is 20.9. The van der Waals surface area contributed by atoms with Gasteiger partial charge < -0.3 is 54.7 Å². The Labute approximate surface area is 172 Å². The lowest BCUT2D eigenvalue weighted by Gasteiger charge is -2.43. The highest BCUT2D eigenvalue weighted by molar-refractivity contribution is 5.87. The van der Waals surface area contributed by atoms with E-state index in [0.29, 0.717) is 0 Å². The summed E-state index contributed by atoms with van der Waals surface area (Å²) in [5, 5.41) is 69.4. The molecule has 0 aromatic carbocycles. The van der Waals surface area contributed by atoms with Crippen molar-refractivity contribution in [1.82, 2.24) is 0 Å². The van der Waals surface area contributed by atoms with Crippen LogP contribution in [0.25, 0.3) is 0 Å². The van der Waals surface area contributed by atoms with E-state index in [4.69, 9.17) is 18.9 Å². The van der Waals surface area contributed by atoms with Gasteiger partial charge in [0.05, 0.1) is 6.61 Å². The number of rotatable bonds is 9. The van der Waals surface area contributed by atoms with Gasteiger partial charge in [-0.1, -0.05) is 12.7 Å². The Morgan fingerprint density at radius 1 is 1.03 bits per heavy atom. The predicted octanol–water partition coefficient (Wildman–Crippen LogP) is -3.71. The van der Waals surface area contributed by atoms with Gasteiger partial charge in [0, 0.05) is 5.57 Å². The van der Waals surface area contributed by atoms with Crippen LogP contribution in [0.3, 0.4) is 0 Å². The molecule has 2 heterocycles. The van der Waals surface area contributed by atoms with Crippen LogP contribution in [-0.4, -0.2) is 116 Å². The SMILES string of the molecule is C=CCC(=C)C(=O)OC[C@H]1O[C@H](O[C@]2(CO)O[C@H](CO)[C@@H](O)[C@@H]2O)[C@H](O)[C@@H](O)[C@@H]1O. The molecule has 9 atom stereocenters. The predicted molar refractivity (Wildman–Crippen MR) is 96.5 cm³/mol. The van der Waals surface area contributed by atoms with E-state index >= 15 is 0 Å². The van der Waals surface area contributed by atoms with Crippen molar-refractivity contribution in [3.8, 4) is 0 Å². The molecule has 0 amide bonds. The number of allylic oxidation sites excluding steroid dienone is 1. The Balaban J connectivity index is 2.11. The zero-order chi connectivity index (χ0) is 22.6. The van der Waals surface area contributed by atoms with Gasteiger partial charge in [0.25, 0.3) is 0 Å². The fraction of sp³-hybridized carbons (Fsp3) is 0.722. The van der Waals surface area contributed by atoms with Gasteiger partial charge in [-0.25, -0.2) is 4.79 Å². The molecule has 0 aromatic rings. The molecular formula is C18H28O12. The van der Waals surface area contributed by atoms with E-state index < -0.39 is 80.6 Å². The molecule has 0 spiro atoms. The van der Waals surface area contributed by atoms with E-state index in [9.17, 15) is 40.5 Å². The van der Waals surface area contributed by atoms with Gasteiger partial charge >= 0.3 is 5.97 Å². The normalized spacial score (nSPS) is 41.4. The Hall–Kier alpha value is -1.45. The van der Waals surface area contributed by atoms with Crippen molar-refractivity contribution >= 4 is 5.97 Å². The molecule has 0 aliphatic carbocycles. The minimum atomic E-state index is -2.29. The minimum Gasteiger partial charge on any atom is -0.459 e. The third-order valence-electron chi connectivity index (χ3n) is 4.95. The Kier molecular flexibility index (Phi) is 8.47. The molecule has 0 bridgehead atoms. The lowest BCUT2D eigenvalue weighted by atomic mass is 9.99. The van der Waals surface area contributed by atoms with Crippen molar-refractivity contribution in [3.63, 3.8) is 0 Å². The number of hydrogen-bond acceptors (Lipinski definition) is 12. The largest absolute Gasteiger partial charge is 0.459 e. The first kappa shape index (κ1) is 24.8. The van der Waals surface area contributed by atoms with Crippen molar-refractivity contribution < 1.29 is 59.5 Å². The number of esters is 1. The standard InChI is InChI=1S/C18H28O12/c1-3-4-8(2)16(26)27-6-10-11(21)13(23)14(24)17(28-10)30-18(7-20)15(25)12(22)9(5-19)29-18/h3,9-15,17,19-25H,1-2,4-7H2/t9-,10-,11-,12-,13+,14-,15+,17-,18+/m1/s1. The molecule has 7 N–H and O–H groups in total. The lowest BCUT2D eigenvalue weighted by molar-refractivity contribution is -0.383. The second kappa shape index (κ2) is 10.2. The van der Waals surface area contributed by atoms with E-state index in [-0.39, 0.29) is 12.0 Å². The molecule has 2 fully saturated rings. The summed E-state index contributed by atoms with van der Waals surface area (Å²) in [5.74, 6) is -3.08. The summed E-state index contributed by atoms with van der Waals surface area (Å²) in [5.41, 5.74) is 0.0921. The second-order valence-electron chi connectivity index (χ2n) is 7.07. The third-order valence-corrected chi connectivity index (χ3v) is 4.95. The lowest BCUT2D eigenvalue weighted by Crippen LogP contribution is -2.62. The van der Waals surface area contributed by atoms with Crippen molar-refractivity contribution in [2.45, 2.75) is 61.2 Å². The maximum absolute atomic E-state index is 11.8. The molecule has 0 saturated carbocycles. The van der Waals surface area contributed by atoms with Crippen molar-refractivity contribution in [2.24, 2.45) is 0 Å². The van der Waals surface area contributed by atoms with E-state index in [0.717, 1.165) is 0 Å². The number of aliphatic hydroxyl groups is 7. The van der Waals surface area contributed by atoms with Crippen LogP contribution in [0.5, 0.6) is 0 Å². The van der Waals surface area contributed by atoms with Crippen molar-refractivity contribution in [1.29, 1.82) is 0 Å². The first-order valence-corrected chi connectivity index (χ1v) is 9.20. The van der Waals surface area contributed by atoms with Crippen LogP contribution in [0.15, 0.2) is 24.8 Å². The van der Waals surface area contributed by atoms with Gasteiger partial charge in [0.15, 0.2) is 6.29 Å². The number of aliphatic hydroxyl groups excluding tert-OH is 7. The second-order valence-corrected chi connectivity index (χ2v) is 7.07. The van der Waals surface area contributed by atoms with Crippen LogP contribution in [0.2, 0.25) is 0 Å². The number of ether oxygens (including phenoxy) is 4. The van der Waals surface area contributed by atoms with Gasteiger partial charge in [0.1, 0.15) is 55.9 Å². The van der Waals surface area contributed by atoms with Crippen molar-refractivity contribution in [3.05, 3.63) is 24.8 Å². The fourth-order valence-corrected chi connectivity index (χ4v) is 3.14. The van der Waals surface area contributed by atoms with Crippen LogP contribution in [0.1, 0.15) is 6.42 Å². The zero-order valence-electron chi connectivity index (χ0n) is 16.1. The molecular weight excluding hydrogens is 408 g/mol. The summed E-state index contributed by atoms with van der Waals surface area (Å²) in [4.78, 5) is 11.8. The van der Waals surface area contributed by atoms with Crippen LogP contribution in [0.4, 0.5) is 0 Å². The molecule has 0 aromatic heterocycles. The third kappa shape index (κ3) is 4.89. The highest BCUT2D eigenvalue weighted by Crippen LogP contribution is 2.36. The topological polar surface area (TPSA) is 196 Å². The molecule has 2 aliphatic rings. The minimum absolute atomic E-state index is 0.0921. The maximum atomic E-state index is 11.8. The molecule has 12 heteroatoms. The van der Waals surface area contributed by atoms with E-state index in [2.05, 4.69) is 13.2 Å². The van der Waals surface area contributed by atoms with Gasteiger partial charge in [-0.3, -0.25) is 0 Å². The number of carbonyl (C=O) groups excluding carboxylic acids is 1. The number of carbonyl (C=O) groups is 1. The molecule has 2 rings (SSSR count). The molecule has 12 nitrogen and oxygen atoms in total. The molecule has 30 heavy (non-hydrogen) atoms. The maximum Gasteiger partial charge on any atom is 0.333 e. The monoisotopic (exact) mass is 436 g/mol. The summed E-state index contributed by atoms with van der Waals surface area (Å²) in [7, 11) is 0. The smallest absolute Gasteiger partial charge is 0.333 e. The summed E-state index contributed by atoms with van der Waals surface area (Å²) in [6, 6.07) is 0. The van der Waals surface area contributed by atoms with Gasteiger partial charge in [-0.2, -0.15) is 0 Å². The van der Waals surface area contributed by atoms with E-state index in [1.807, 2.05) is 0 Å². The van der Waals surface area contributed by atoms with Crippen LogP contribution in [-0.2, 0) is 23.7 Å². The molecule has 0 radical (unpaired) electrons. The van der Waals surface area contributed by atoms with Crippen LogP contribution >= 0.6 is 0 Å². The number of hydrogen-bond donors (Lipinski definition) is 7. The van der Waals surface area contributed by atoms with Gasteiger partial charge in [0.2, 0.25) is 5.79 Å². The highest BCUT2D eigenvalue weighted by Gasteiger charge is 2.58. The first-order valence-electron chi connectivity index (χ1n) is 9.20. The summed E-state index contributed by atoms with van der Waals surface area (Å²) >= 11 is 0. The quantitative estimate of drug-likeness (QED) is 0.106. The van der Waals surface area contributed by atoms with Crippen molar-refractivity contribution in [2.75, 3.05) is 19.8 Å². The highest BCUT2D eigenvalue weighted by atomic mass is 16.8. The molecule has 172 valence electrons. The van der Waals surface area contributed by atoms with Gasteiger partial charge in [-0.05, 0) is 6.42 Å². The van der Waals surface area contributed by atoms with Crippen LogP contribution in [0, 0.1) is 0 Å². The molecule has 2 saturated heterocycles. The van der Waals surface area contributed by atoms with Crippen LogP contribution < -0.4 is 0 Å². The fourth-order valence-electron chi connectivity index (χ4n) is 3.14. The summed E-state index contributed by atoms with van der Waals surface area (Å²) in [6.45, 7) is 4.72. The molecule has 0 unspecified atom stereocenters. The van der Waals surface area contributed by atoms with Gasteiger partial charge in [-0.15, -0.1) is 6.58 Å². The van der Waals surface area contributed by atoms with E-state index in [1.54, 1.807) is 0 Å². The van der Waals surface area contributed by atoms with E-state index in [1.165, 1.54) is 6.08 Å². The Morgan fingerprint density at radius 3 is 2.23 bits per heavy atom. The summed E-state index contributed by atoms with van der Waals surface area (Å²) in [6.07, 6.45) is -11.6. The first-order chi connectivity index (χ1) is 14.1. The average Bonchev–Trinajstić information content (AvgIpc) is 2.98. The Bertz CT molecular complexity index is 626. The Morgan fingerprint density at radius 2 is 1.70 bits per heavy atom. The average molecular weight is 436 g/mol.